The maximum Gasteiger partial charge on any atom is 0.410 e. The predicted octanol–water partition coefficient (Wildman–Crippen LogP) is 6.64. The fraction of sp³-hybridized carbons (Fsp3) is 0.600. The molecule has 1 aromatic carbocycles. The fourth-order valence-electron chi connectivity index (χ4n) is 8.16. The van der Waals surface area contributed by atoms with E-state index in [1.165, 1.54) is 23.9 Å². The number of morpholine rings is 2. The smallest absolute Gasteiger partial charge is 0.410 e. The SMILES string of the molecule is CN(C(=O)OC(C)(C)C)[C@@H](CC1CC1)C(=O)O[C@H](Cc1ccc(N2CCOCC2)nc1)C(=O)O.CN(C(=O)OC(C)(C)C)[C@@H](CC1CC1)C(=O)O[C@H](Cc1ccc(N2CCOCC2)nc1)C(=O)OCc1ccccc1. The third kappa shape index (κ3) is 19.3. The van der Waals surface area contributed by atoms with Gasteiger partial charge in [-0.05, 0) is 95.0 Å². The largest absolute Gasteiger partial charge is 0.478 e. The molecule has 4 aliphatic rings. The van der Waals surface area contributed by atoms with E-state index in [2.05, 4.69) is 19.8 Å². The third-order valence-corrected chi connectivity index (χ3v) is 12.8. The van der Waals surface area contributed by atoms with Crippen LogP contribution in [-0.2, 0) is 71.8 Å². The molecule has 3 aromatic rings. The molecule has 2 aromatic heterocycles. The first-order chi connectivity index (χ1) is 35.6. The minimum atomic E-state index is -1.39. The normalized spacial score (nSPS) is 17.4. The Morgan fingerprint density at radius 2 is 1.01 bits per heavy atom. The highest BCUT2D eigenvalue weighted by Gasteiger charge is 2.40. The maximum absolute atomic E-state index is 13.5. The topological polar surface area (TPSA) is 226 Å². The highest BCUT2D eigenvalue weighted by Crippen LogP contribution is 2.36. The van der Waals surface area contributed by atoms with Crippen molar-refractivity contribution in [2.24, 2.45) is 11.8 Å². The Hall–Kier alpha value is -6.54. The predicted molar refractivity (Wildman–Crippen MR) is 276 cm³/mol. The van der Waals surface area contributed by atoms with Crippen LogP contribution >= 0.6 is 0 Å². The number of amides is 2. The lowest BCUT2D eigenvalue weighted by Crippen LogP contribution is -2.47. The maximum atomic E-state index is 13.5. The molecule has 0 unspecified atom stereocenters. The lowest BCUT2D eigenvalue weighted by molar-refractivity contribution is -0.171. The number of carboxylic acid groups (broad SMARTS) is 1. The molecule has 2 saturated carbocycles. The summed E-state index contributed by atoms with van der Waals surface area (Å²) in [6, 6.07) is 14.9. The molecule has 20 heteroatoms. The number of ether oxygens (including phenoxy) is 7. The molecule has 2 aliphatic heterocycles. The summed E-state index contributed by atoms with van der Waals surface area (Å²) in [6.45, 7) is 16.2. The minimum Gasteiger partial charge on any atom is -0.478 e. The average Bonchev–Trinajstić information content (AvgIpc) is 4.34. The van der Waals surface area contributed by atoms with Crippen LogP contribution in [0.25, 0.3) is 0 Å². The van der Waals surface area contributed by atoms with E-state index in [1.807, 2.05) is 48.5 Å². The average molecular weight is 1050 g/mol. The number of esters is 3. The summed E-state index contributed by atoms with van der Waals surface area (Å²) in [7, 11) is 3.01. The van der Waals surface area contributed by atoms with Crippen molar-refractivity contribution >= 4 is 47.7 Å². The Morgan fingerprint density at radius 1 is 0.600 bits per heavy atom. The van der Waals surface area contributed by atoms with Gasteiger partial charge in [-0.15, -0.1) is 0 Å². The van der Waals surface area contributed by atoms with Gasteiger partial charge >= 0.3 is 36.1 Å². The summed E-state index contributed by atoms with van der Waals surface area (Å²) >= 11 is 0. The zero-order valence-electron chi connectivity index (χ0n) is 44.8. The standard InChI is InChI=1S/C31H41N3O7.C24H35N3O7/c1-31(2,3)41-30(37)33(4)25(18-22-10-11-22)28(35)40-26(29(36)39-21-23-8-6-5-7-9-23)19-24-12-13-27(32-20-24)34-14-16-38-17-15-34;1-24(2,3)34-23(31)26(4)18(13-16-5-6-16)22(30)33-19(21(28)29)14-17-7-8-20(25-15-17)27-9-11-32-12-10-27/h5-9,12-13,20,22,25-26H,10-11,14-19,21H2,1-4H3;7-8,15-16,18-19H,5-6,9-14H2,1-4H3,(H,28,29)/t25-,26+;18-,19+/m00/s1. The summed E-state index contributed by atoms with van der Waals surface area (Å²) in [6.07, 6.45) is 4.23. The van der Waals surface area contributed by atoms with E-state index in [4.69, 9.17) is 33.2 Å². The van der Waals surface area contributed by atoms with Crippen LogP contribution in [-0.4, -0.2) is 163 Å². The molecule has 2 saturated heterocycles. The van der Waals surface area contributed by atoms with Crippen LogP contribution < -0.4 is 9.80 Å². The lowest BCUT2D eigenvalue weighted by atomic mass is 10.1. The van der Waals surface area contributed by atoms with Gasteiger partial charge in [0.15, 0.2) is 0 Å². The van der Waals surface area contributed by atoms with Crippen molar-refractivity contribution in [1.82, 2.24) is 19.8 Å². The number of hydrogen-bond donors (Lipinski definition) is 1. The number of hydrogen-bond acceptors (Lipinski definition) is 17. The van der Waals surface area contributed by atoms with Gasteiger partial charge in [0.05, 0.1) is 26.4 Å². The van der Waals surface area contributed by atoms with E-state index in [0.29, 0.717) is 56.7 Å². The van der Waals surface area contributed by atoms with E-state index < -0.39 is 71.6 Å². The monoisotopic (exact) mass is 1040 g/mol. The Kier molecular flexibility index (Phi) is 20.6. The van der Waals surface area contributed by atoms with Crippen LogP contribution in [0.2, 0.25) is 0 Å². The number of benzene rings is 1. The molecular weight excluding hydrogens is 969 g/mol. The number of carboxylic acids is 1. The number of anilines is 2. The van der Waals surface area contributed by atoms with Crippen LogP contribution in [0.5, 0.6) is 0 Å². The number of aliphatic carboxylic acids is 1. The summed E-state index contributed by atoms with van der Waals surface area (Å²) in [5, 5.41) is 9.69. The first-order valence-electron chi connectivity index (χ1n) is 25.9. The number of aromatic nitrogens is 2. The summed E-state index contributed by atoms with van der Waals surface area (Å²) in [4.78, 5) is 92.8. The molecule has 75 heavy (non-hydrogen) atoms. The van der Waals surface area contributed by atoms with Crippen LogP contribution in [0.4, 0.5) is 21.2 Å². The van der Waals surface area contributed by atoms with Crippen molar-refractivity contribution in [2.45, 2.75) is 135 Å². The Morgan fingerprint density at radius 3 is 1.39 bits per heavy atom. The van der Waals surface area contributed by atoms with Gasteiger partial charge in [-0.2, -0.15) is 0 Å². The van der Waals surface area contributed by atoms with Crippen molar-refractivity contribution in [3.05, 3.63) is 83.7 Å². The van der Waals surface area contributed by atoms with Gasteiger partial charge in [0, 0.05) is 65.5 Å². The molecular formula is C55H76N6O14. The quantitative estimate of drug-likeness (QED) is 0.0924. The van der Waals surface area contributed by atoms with Gasteiger partial charge < -0.3 is 48.1 Å². The van der Waals surface area contributed by atoms with Crippen molar-refractivity contribution in [2.75, 3.05) is 76.5 Å². The molecule has 4 heterocycles. The number of carbonyl (C=O) groups excluding carboxylic acids is 5. The van der Waals surface area contributed by atoms with Gasteiger partial charge in [-0.25, -0.2) is 38.7 Å². The number of nitrogens with zero attached hydrogens (tertiary/aromatic N) is 6. The van der Waals surface area contributed by atoms with E-state index in [1.54, 1.807) is 60.0 Å². The highest BCUT2D eigenvalue weighted by molar-refractivity contribution is 5.85. The summed E-state index contributed by atoms with van der Waals surface area (Å²) in [5.41, 5.74) is 0.735. The van der Waals surface area contributed by atoms with Gasteiger partial charge in [-0.1, -0.05) is 68.1 Å². The van der Waals surface area contributed by atoms with Crippen LogP contribution in [0, 0.1) is 11.8 Å². The lowest BCUT2D eigenvalue weighted by Gasteiger charge is -2.30. The molecule has 1 N–H and O–H groups in total. The van der Waals surface area contributed by atoms with Gasteiger partial charge in [0.1, 0.15) is 41.5 Å². The van der Waals surface area contributed by atoms with Crippen molar-refractivity contribution in [3.63, 3.8) is 0 Å². The molecule has 2 aliphatic carbocycles. The molecule has 2 amide bonds. The summed E-state index contributed by atoms with van der Waals surface area (Å²) in [5.74, 6) is -1.09. The molecule has 410 valence electrons. The highest BCUT2D eigenvalue weighted by atomic mass is 16.6. The van der Waals surface area contributed by atoms with Gasteiger partial charge in [0.2, 0.25) is 12.2 Å². The zero-order chi connectivity index (χ0) is 54.3. The molecule has 4 fully saturated rings. The molecule has 0 spiro atoms. The Bertz CT molecular complexity index is 2340. The number of likely N-dealkylation sites (N-methyl/N-ethyl adjacent to an activating group) is 2. The number of carbonyl (C=O) groups is 6. The first-order valence-corrected chi connectivity index (χ1v) is 25.9. The second kappa shape index (κ2) is 26.8. The van der Waals surface area contributed by atoms with Gasteiger partial charge in [-0.3, -0.25) is 9.80 Å². The fourth-order valence-corrected chi connectivity index (χ4v) is 8.16. The van der Waals surface area contributed by atoms with Crippen molar-refractivity contribution in [1.29, 1.82) is 0 Å². The second-order valence-corrected chi connectivity index (χ2v) is 21.5. The van der Waals surface area contributed by atoms with E-state index in [0.717, 1.165) is 74.6 Å². The molecule has 0 radical (unpaired) electrons. The molecule has 7 rings (SSSR count). The molecule has 4 atom stereocenters. The Labute approximate surface area is 440 Å². The first kappa shape index (κ1) is 57.7. The van der Waals surface area contributed by atoms with Crippen molar-refractivity contribution in [3.8, 4) is 0 Å². The van der Waals surface area contributed by atoms with E-state index in [9.17, 15) is 33.9 Å². The van der Waals surface area contributed by atoms with Gasteiger partial charge in [0.25, 0.3) is 0 Å². The van der Waals surface area contributed by atoms with Crippen molar-refractivity contribution < 1.29 is 67.0 Å². The van der Waals surface area contributed by atoms with Crippen LogP contribution in [0.1, 0.15) is 96.8 Å². The second-order valence-electron chi connectivity index (χ2n) is 21.5. The van der Waals surface area contributed by atoms with E-state index in [-0.39, 0.29) is 19.4 Å². The van der Waals surface area contributed by atoms with Crippen LogP contribution in [0.3, 0.4) is 0 Å². The Balaban J connectivity index is 0.000000248. The van der Waals surface area contributed by atoms with E-state index >= 15 is 0 Å². The third-order valence-electron chi connectivity index (χ3n) is 12.8. The molecule has 0 bridgehead atoms. The zero-order valence-corrected chi connectivity index (χ0v) is 44.8. The minimum absolute atomic E-state index is 0.0240. The number of pyridine rings is 2. The number of rotatable bonds is 20. The van der Waals surface area contributed by atoms with Crippen LogP contribution in [0.15, 0.2) is 67.0 Å². The molecule has 20 nitrogen and oxygen atoms in total. The summed E-state index contributed by atoms with van der Waals surface area (Å²) < 4.78 is 38.4.